The Morgan fingerprint density at radius 2 is 1.70 bits per heavy atom. The van der Waals surface area contributed by atoms with Crippen LogP contribution in [0.1, 0.15) is 5.69 Å². The van der Waals surface area contributed by atoms with E-state index in [2.05, 4.69) is 0 Å². The zero-order valence-corrected chi connectivity index (χ0v) is 10.9. The summed E-state index contributed by atoms with van der Waals surface area (Å²) >= 11 is 0. The van der Waals surface area contributed by atoms with Gasteiger partial charge in [0.25, 0.3) is 0 Å². The van der Waals surface area contributed by atoms with Crippen LogP contribution in [-0.2, 0) is 16.0 Å². The number of imidazole rings is 1. The van der Waals surface area contributed by atoms with Gasteiger partial charge in [-0.15, -0.1) is 0 Å². The lowest BCUT2D eigenvalue weighted by Gasteiger charge is -2.03. The van der Waals surface area contributed by atoms with E-state index >= 15 is 0 Å². The molecule has 1 N–H and O–H groups in total. The van der Waals surface area contributed by atoms with Gasteiger partial charge < -0.3 is 4.98 Å². The molecular weight excluding hydrogens is 297 g/mol. The van der Waals surface area contributed by atoms with Gasteiger partial charge in [0, 0.05) is 12.5 Å². The molecule has 0 spiro atoms. The first kappa shape index (κ1) is 14.4. The SMILES string of the molecule is CS(=O)(=O)c1ccc(-n2cc(C(F)(F)F)[nH]c2=O)cc1. The number of halogens is 3. The zero-order chi connectivity index (χ0) is 15.1. The second-order valence-corrected chi connectivity index (χ2v) is 6.12. The van der Waals surface area contributed by atoms with Crippen LogP contribution in [0.2, 0.25) is 0 Å². The average molecular weight is 306 g/mol. The first-order chi connectivity index (χ1) is 9.09. The van der Waals surface area contributed by atoms with Crippen molar-refractivity contribution >= 4 is 9.84 Å². The Kier molecular flexibility index (Phi) is 3.24. The van der Waals surface area contributed by atoms with E-state index in [1.807, 2.05) is 0 Å². The van der Waals surface area contributed by atoms with Crippen LogP contribution in [0, 0.1) is 0 Å². The molecule has 0 saturated carbocycles. The molecule has 108 valence electrons. The van der Waals surface area contributed by atoms with Crippen molar-refractivity contribution in [3.63, 3.8) is 0 Å². The number of hydrogen-bond donors (Lipinski definition) is 1. The molecule has 20 heavy (non-hydrogen) atoms. The van der Waals surface area contributed by atoms with Crippen LogP contribution >= 0.6 is 0 Å². The van der Waals surface area contributed by atoms with Crippen molar-refractivity contribution in [2.45, 2.75) is 11.1 Å². The van der Waals surface area contributed by atoms with Gasteiger partial charge in [-0.05, 0) is 24.3 Å². The van der Waals surface area contributed by atoms with Gasteiger partial charge in [0.1, 0.15) is 5.69 Å². The van der Waals surface area contributed by atoms with Gasteiger partial charge in [0.15, 0.2) is 9.84 Å². The molecule has 0 aliphatic carbocycles. The number of H-pyrrole nitrogens is 1. The molecule has 0 aliphatic heterocycles. The van der Waals surface area contributed by atoms with E-state index in [9.17, 15) is 26.4 Å². The molecule has 1 heterocycles. The quantitative estimate of drug-likeness (QED) is 0.916. The van der Waals surface area contributed by atoms with Gasteiger partial charge in [-0.1, -0.05) is 0 Å². The van der Waals surface area contributed by atoms with E-state index in [-0.39, 0.29) is 10.6 Å². The molecule has 9 heteroatoms. The summed E-state index contributed by atoms with van der Waals surface area (Å²) in [6, 6.07) is 4.95. The Balaban J connectivity index is 2.48. The molecule has 0 atom stereocenters. The molecule has 0 unspecified atom stereocenters. The zero-order valence-electron chi connectivity index (χ0n) is 10.1. The smallest absolute Gasteiger partial charge is 0.302 e. The van der Waals surface area contributed by atoms with Crippen LogP contribution < -0.4 is 5.69 Å². The van der Waals surface area contributed by atoms with Crippen LogP contribution in [0.15, 0.2) is 40.2 Å². The van der Waals surface area contributed by atoms with Crippen molar-refractivity contribution < 1.29 is 21.6 Å². The fourth-order valence-electron chi connectivity index (χ4n) is 1.59. The Morgan fingerprint density at radius 3 is 2.10 bits per heavy atom. The van der Waals surface area contributed by atoms with E-state index in [0.717, 1.165) is 10.8 Å². The number of hydrogen-bond acceptors (Lipinski definition) is 3. The number of rotatable bonds is 2. The number of benzene rings is 1. The molecule has 1 aromatic heterocycles. The molecule has 0 saturated heterocycles. The van der Waals surface area contributed by atoms with Crippen molar-refractivity contribution in [1.29, 1.82) is 0 Å². The van der Waals surface area contributed by atoms with E-state index in [1.54, 1.807) is 4.98 Å². The molecule has 0 aliphatic rings. The van der Waals surface area contributed by atoms with E-state index in [0.29, 0.717) is 6.20 Å². The van der Waals surface area contributed by atoms with Crippen LogP contribution in [-0.4, -0.2) is 24.2 Å². The van der Waals surface area contributed by atoms with Gasteiger partial charge >= 0.3 is 11.9 Å². The highest BCUT2D eigenvalue weighted by atomic mass is 32.2. The monoisotopic (exact) mass is 306 g/mol. The number of nitrogens with zero attached hydrogens (tertiary/aromatic N) is 1. The Labute approximate surface area is 111 Å². The highest BCUT2D eigenvalue weighted by Crippen LogP contribution is 2.27. The molecule has 0 radical (unpaired) electrons. The van der Waals surface area contributed by atoms with E-state index in [4.69, 9.17) is 0 Å². The largest absolute Gasteiger partial charge is 0.432 e. The van der Waals surface area contributed by atoms with Crippen molar-refractivity contribution in [2.75, 3.05) is 6.26 Å². The van der Waals surface area contributed by atoms with Crippen LogP contribution in [0.5, 0.6) is 0 Å². The number of aromatic amines is 1. The van der Waals surface area contributed by atoms with Crippen molar-refractivity contribution in [1.82, 2.24) is 9.55 Å². The first-order valence-corrected chi connectivity index (χ1v) is 7.17. The Hall–Kier alpha value is -2.03. The maximum atomic E-state index is 12.5. The normalized spacial score (nSPS) is 12.6. The summed E-state index contributed by atoms with van der Waals surface area (Å²) in [5, 5.41) is 0. The lowest BCUT2D eigenvalue weighted by molar-refractivity contribution is -0.141. The minimum atomic E-state index is -4.66. The third-order valence-corrected chi connectivity index (χ3v) is 3.70. The van der Waals surface area contributed by atoms with Crippen LogP contribution in [0.4, 0.5) is 13.2 Å². The van der Waals surface area contributed by atoms with Crippen LogP contribution in [0.25, 0.3) is 5.69 Å². The number of nitrogens with one attached hydrogen (secondary N) is 1. The topological polar surface area (TPSA) is 71.9 Å². The van der Waals surface area contributed by atoms with Gasteiger partial charge in [-0.25, -0.2) is 13.2 Å². The number of sulfone groups is 1. The van der Waals surface area contributed by atoms with E-state index < -0.39 is 27.4 Å². The average Bonchev–Trinajstić information content (AvgIpc) is 2.70. The highest BCUT2D eigenvalue weighted by Gasteiger charge is 2.33. The van der Waals surface area contributed by atoms with E-state index in [1.165, 1.54) is 24.3 Å². The predicted molar refractivity (Wildman–Crippen MR) is 64.5 cm³/mol. The fraction of sp³-hybridized carbons (Fsp3) is 0.182. The van der Waals surface area contributed by atoms with Crippen LogP contribution in [0.3, 0.4) is 0 Å². The minimum absolute atomic E-state index is 0.0147. The van der Waals surface area contributed by atoms with Gasteiger partial charge in [0.2, 0.25) is 0 Å². The second-order valence-electron chi connectivity index (χ2n) is 4.11. The summed E-state index contributed by atoms with van der Waals surface area (Å²) < 4.78 is 60.6. The number of aromatic nitrogens is 2. The van der Waals surface area contributed by atoms with Crippen molar-refractivity contribution in [3.8, 4) is 5.69 Å². The molecule has 2 aromatic rings. The molecule has 0 fully saturated rings. The molecule has 5 nitrogen and oxygen atoms in total. The fourth-order valence-corrected chi connectivity index (χ4v) is 2.22. The van der Waals surface area contributed by atoms with Gasteiger partial charge in [-0.3, -0.25) is 4.57 Å². The third-order valence-electron chi connectivity index (χ3n) is 2.57. The summed E-state index contributed by atoms with van der Waals surface area (Å²) in [5.41, 5.74) is -1.99. The highest BCUT2D eigenvalue weighted by molar-refractivity contribution is 7.90. The number of alkyl halides is 3. The molecule has 0 bridgehead atoms. The molecule has 1 aromatic carbocycles. The Bertz CT molecular complexity index is 786. The van der Waals surface area contributed by atoms with Crippen molar-refractivity contribution in [2.24, 2.45) is 0 Å². The summed E-state index contributed by atoms with van der Waals surface area (Å²) in [6.45, 7) is 0. The Morgan fingerprint density at radius 1 is 1.15 bits per heavy atom. The van der Waals surface area contributed by atoms with Gasteiger partial charge in [-0.2, -0.15) is 13.2 Å². The second kappa shape index (κ2) is 4.51. The predicted octanol–water partition coefficient (Wildman–Crippen LogP) is 1.59. The maximum absolute atomic E-state index is 12.5. The first-order valence-electron chi connectivity index (χ1n) is 5.28. The van der Waals surface area contributed by atoms with Gasteiger partial charge in [0.05, 0.1) is 10.6 Å². The lowest BCUT2D eigenvalue weighted by atomic mass is 10.3. The summed E-state index contributed by atoms with van der Waals surface area (Å²) in [7, 11) is -3.41. The summed E-state index contributed by atoms with van der Waals surface area (Å²) in [4.78, 5) is 13.2. The molecular formula is C11H9F3N2O3S. The minimum Gasteiger partial charge on any atom is -0.302 e. The maximum Gasteiger partial charge on any atom is 0.432 e. The summed E-state index contributed by atoms with van der Waals surface area (Å²) in [6.07, 6.45) is -3.03. The standard InChI is InChI=1S/C11H9F3N2O3S/c1-20(18,19)8-4-2-7(3-5-8)16-6-9(11(12,13)14)15-10(16)17/h2-6H,1H3,(H,15,17). The lowest BCUT2D eigenvalue weighted by Crippen LogP contribution is -2.14. The molecule has 0 amide bonds. The summed E-state index contributed by atoms with van der Waals surface area (Å²) in [5.74, 6) is 0. The third kappa shape index (κ3) is 2.77. The molecule has 2 rings (SSSR count). The van der Waals surface area contributed by atoms with Crippen molar-refractivity contribution in [3.05, 3.63) is 46.6 Å².